The minimum atomic E-state index is -0.0941. The summed E-state index contributed by atoms with van der Waals surface area (Å²) < 4.78 is 10.2. The second kappa shape index (κ2) is 16.6. The first kappa shape index (κ1) is 33.6. The molecule has 0 saturated carbocycles. The zero-order valence-electron chi connectivity index (χ0n) is 23.5. The number of carbonyl (C=O) groups is 4. The molecule has 4 saturated heterocycles. The van der Waals surface area contributed by atoms with Crippen LogP contribution in [0.1, 0.15) is 78.2 Å². The Bertz CT molecular complexity index is 936. The number of benzene rings is 1. The van der Waals surface area contributed by atoms with E-state index >= 15 is 0 Å². The molecule has 224 valence electrons. The monoisotopic (exact) mass is 560 g/mol. The molecule has 2 N–H and O–H groups in total. The summed E-state index contributed by atoms with van der Waals surface area (Å²) in [6.45, 7) is 5.39. The number of hydrogen-bond donors (Lipinski definition) is 2. The molecule has 4 fully saturated rings. The van der Waals surface area contributed by atoms with Gasteiger partial charge in [-0.3, -0.25) is 24.1 Å². The zero-order chi connectivity index (χ0) is 28.4. The molecule has 4 bridgehead atoms. The lowest BCUT2D eigenvalue weighted by atomic mass is 9.77. The fourth-order valence-corrected chi connectivity index (χ4v) is 6.46. The van der Waals surface area contributed by atoms with Crippen molar-refractivity contribution in [2.24, 2.45) is 11.8 Å². The normalized spacial score (nSPS) is 28.9. The summed E-state index contributed by atoms with van der Waals surface area (Å²) in [5.41, 5.74) is 1.27. The fourth-order valence-electron chi connectivity index (χ4n) is 6.46. The Labute approximate surface area is 239 Å². The van der Waals surface area contributed by atoms with Gasteiger partial charge in [0.1, 0.15) is 11.6 Å². The maximum atomic E-state index is 12.1. The lowest BCUT2D eigenvalue weighted by molar-refractivity contribution is -0.154. The highest BCUT2D eigenvalue weighted by Gasteiger charge is 2.43. The standard InChI is InChI=1S/C18H23NO3.C11H17NO3.CH4O.CH4/c1-2-22-18(21)14-8-15-10-17(20)11-16(9-14)19(15)12-13-6-4-3-5-7-13;1-2-15-11(14)7-3-8-5-10(13)6-9(4-7)12-8;1-2;/h3-7,14-16H,2,8-12H2,1H3;7-9,12H,2-6H2,1H3;2H,1H3;1H4. The highest BCUT2D eigenvalue weighted by atomic mass is 16.5. The van der Waals surface area contributed by atoms with Crippen LogP contribution in [0, 0.1) is 11.8 Å². The van der Waals surface area contributed by atoms with Crippen LogP contribution in [0.2, 0.25) is 0 Å². The summed E-state index contributed by atoms with van der Waals surface area (Å²) in [5, 5.41) is 10.4. The van der Waals surface area contributed by atoms with E-state index in [2.05, 4.69) is 22.3 Å². The quantitative estimate of drug-likeness (QED) is 0.504. The van der Waals surface area contributed by atoms with E-state index in [0.717, 1.165) is 39.3 Å². The molecule has 0 amide bonds. The van der Waals surface area contributed by atoms with Gasteiger partial charge in [0.2, 0.25) is 0 Å². The average molecular weight is 561 g/mol. The number of Topliss-reactive ketones (excluding diaryl/α,β-unsaturated/α-hetero) is 2. The molecule has 9 heteroatoms. The number of esters is 2. The predicted octanol–water partition coefficient (Wildman–Crippen LogP) is 3.46. The van der Waals surface area contributed by atoms with Crippen LogP contribution in [0.15, 0.2) is 30.3 Å². The zero-order valence-corrected chi connectivity index (χ0v) is 23.5. The van der Waals surface area contributed by atoms with Gasteiger partial charge in [0.15, 0.2) is 0 Å². The minimum Gasteiger partial charge on any atom is -0.466 e. The van der Waals surface area contributed by atoms with Crippen LogP contribution in [0.4, 0.5) is 0 Å². The van der Waals surface area contributed by atoms with Crippen LogP contribution in [0.25, 0.3) is 0 Å². The van der Waals surface area contributed by atoms with Crippen molar-refractivity contribution in [2.45, 2.75) is 103 Å². The van der Waals surface area contributed by atoms with E-state index in [1.807, 2.05) is 32.0 Å². The number of hydrogen-bond acceptors (Lipinski definition) is 9. The van der Waals surface area contributed by atoms with Crippen LogP contribution in [0.5, 0.6) is 0 Å². The molecular weight excluding hydrogens is 512 g/mol. The number of ketones is 2. The van der Waals surface area contributed by atoms with Crippen LogP contribution >= 0.6 is 0 Å². The van der Waals surface area contributed by atoms with Crippen LogP contribution < -0.4 is 5.32 Å². The van der Waals surface area contributed by atoms with Crippen molar-refractivity contribution in [3.63, 3.8) is 0 Å². The van der Waals surface area contributed by atoms with Crippen molar-refractivity contribution in [1.29, 1.82) is 0 Å². The number of fused-ring (bicyclic) bond motifs is 4. The van der Waals surface area contributed by atoms with Crippen LogP contribution in [-0.4, -0.2) is 78.0 Å². The maximum Gasteiger partial charge on any atom is 0.309 e. The topological polar surface area (TPSA) is 122 Å². The highest BCUT2D eigenvalue weighted by Crippen LogP contribution is 2.37. The molecule has 1 aromatic carbocycles. The van der Waals surface area contributed by atoms with Crippen molar-refractivity contribution >= 4 is 23.5 Å². The van der Waals surface area contributed by atoms with Gasteiger partial charge in [-0.1, -0.05) is 37.8 Å². The summed E-state index contributed by atoms with van der Waals surface area (Å²) in [4.78, 5) is 49.3. The molecular formula is C31H48N2O7. The lowest BCUT2D eigenvalue weighted by Gasteiger charge is -2.47. The van der Waals surface area contributed by atoms with Crippen LogP contribution in [0.3, 0.4) is 0 Å². The first-order valence-corrected chi connectivity index (χ1v) is 14.2. The number of aliphatic hydroxyl groups excluding tert-OH is 1. The summed E-state index contributed by atoms with van der Waals surface area (Å²) in [5.74, 6) is 0.423. The summed E-state index contributed by atoms with van der Waals surface area (Å²) in [7, 11) is 1.00. The average Bonchev–Trinajstić information content (AvgIpc) is 2.91. The number of carbonyl (C=O) groups excluding carboxylic acids is 4. The molecule has 0 radical (unpaired) electrons. The molecule has 4 atom stereocenters. The molecule has 4 heterocycles. The molecule has 1 aromatic rings. The van der Waals surface area contributed by atoms with Gasteiger partial charge in [0, 0.05) is 63.5 Å². The van der Waals surface area contributed by atoms with Crippen LogP contribution in [-0.2, 0) is 35.2 Å². The van der Waals surface area contributed by atoms with E-state index in [1.54, 1.807) is 0 Å². The van der Waals surface area contributed by atoms with E-state index in [4.69, 9.17) is 14.6 Å². The first-order valence-electron chi connectivity index (χ1n) is 14.2. The van der Waals surface area contributed by atoms with Crippen molar-refractivity contribution in [3.8, 4) is 0 Å². The first-order chi connectivity index (χ1) is 18.9. The van der Waals surface area contributed by atoms with Gasteiger partial charge in [0.05, 0.1) is 25.0 Å². The molecule has 5 rings (SSSR count). The van der Waals surface area contributed by atoms with Gasteiger partial charge >= 0.3 is 11.9 Å². The largest absolute Gasteiger partial charge is 0.466 e. The smallest absolute Gasteiger partial charge is 0.309 e. The molecule has 9 nitrogen and oxygen atoms in total. The Morgan fingerprint density at radius 2 is 1.25 bits per heavy atom. The van der Waals surface area contributed by atoms with Crippen molar-refractivity contribution in [2.75, 3.05) is 20.3 Å². The number of rotatable bonds is 6. The minimum absolute atomic E-state index is 0. The molecule has 40 heavy (non-hydrogen) atoms. The molecule has 4 aliphatic rings. The molecule has 0 aromatic heterocycles. The summed E-state index contributed by atoms with van der Waals surface area (Å²) >= 11 is 0. The van der Waals surface area contributed by atoms with Gasteiger partial charge in [-0.2, -0.15) is 0 Å². The molecule has 0 spiro atoms. The van der Waals surface area contributed by atoms with E-state index in [9.17, 15) is 19.2 Å². The van der Waals surface area contributed by atoms with Gasteiger partial charge < -0.3 is 19.9 Å². The SMILES string of the molecule is C.CCOC(=O)C1CC2CC(=O)CC(C1)N2.CCOC(=O)C1CC2CC(=O)CC(C1)N2Cc1ccccc1.CO. The summed E-state index contributed by atoms with van der Waals surface area (Å²) in [6.07, 6.45) is 5.28. The Morgan fingerprint density at radius 3 is 1.73 bits per heavy atom. The number of ether oxygens (including phenoxy) is 2. The van der Waals surface area contributed by atoms with E-state index in [1.165, 1.54) is 5.56 Å². The van der Waals surface area contributed by atoms with Gasteiger partial charge in [0.25, 0.3) is 0 Å². The third-order valence-corrected chi connectivity index (χ3v) is 7.98. The van der Waals surface area contributed by atoms with Crippen molar-refractivity contribution < 1.29 is 33.8 Å². The van der Waals surface area contributed by atoms with Crippen molar-refractivity contribution in [3.05, 3.63) is 35.9 Å². The molecule has 4 aliphatic heterocycles. The Kier molecular flexibility index (Phi) is 13.9. The predicted molar refractivity (Wildman–Crippen MR) is 152 cm³/mol. The second-order valence-electron chi connectivity index (χ2n) is 10.8. The molecule has 4 unspecified atom stereocenters. The third kappa shape index (κ3) is 9.21. The lowest BCUT2D eigenvalue weighted by Crippen LogP contribution is -2.55. The van der Waals surface area contributed by atoms with E-state index in [-0.39, 0.29) is 55.4 Å². The summed E-state index contributed by atoms with van der Waals surface area (Å²) in [6, 6.07) is 11.1. The maximum absolute atomic E-state index is 12.1. The second-order valence-corrected chi connectivity index (χ2v) is 10.8. The molecule has 0 aliphatic carbocycles. The highest BCUT2D eigenvalue weighted by molar-refractivity contribution is 5.82. The van der Waals surface area contributed by atoms with E-state index in [0.29, 0.717) is 50.5 Å². The number of piperidine rings is 4. The Balaban J connectivity index is 0.000000273. The fraction of sp³-hybridized carbons (Fsp3) is 0.677. The van der Waals surface area contributed by atoms with Gasteiger partial charge in [-0.15, -0.1) is 0 Å². The Morgan fingerprint density at radius 1 is 0.800 bits per heavy atom. The van der Waals surface area contributed by atoms with Gasteiger partial charge in [-0.25, -0.2) is 0 Å². The van der Waals surface area contributed by atoms with Gasteiger partial charge in [-0.05, 0) is 45.1 Å². The van der Waals surface area contributed by atoms with E-state index < -0.39 is 0 Å². The Hall–Kier alpha value is -2.62. The van der Waals surface area contributed by atoms with Crippen molar-refractivity contribution in [1.82, 2.24) is 10.2 Å². The number of nitrogens with one attached hydrogen (secondary N) is 1. The number of aliphatic hydroxyl groups is 1. The number of nitrogens with zero attached hydrogens (tertiary/aromatic N) is 1. The third-order valence-electron chi connectivity index (χ3n) is 7.98.